The van der Waals surface area contributed by atoms with Gasteiger partial charge in [-0.2, -0.15) is 0 Å². The van der Waals surface area contributed by atoms with Crippen molar-refractivity contribution in [2.75, 3.05) is 6.61 Å². The molecule has 4 aliphatic rings. The van der Waals surface area contributed by atoms with E-state index in [9.17, 15) is 24.9 Å². The van der Waals surface area contributed by atoms with Crippen LogP contribution >= 0.6 is 0 Å². The number of hydrogen-bond acceptors (Lipinski definition) is 5. The van der Waals surface area contributed by atoms with Crippen LogP contribution in [0.3, 0.4) is 0 Å². The van der Waals surface area contributed by atoms with Gasteiger partial charge >= 0.3 is 0 Å². The fourth-order valence-electron chi connectivity index (χ4n) is 8.00. The van der Waals surface area contributed by atoms with Gasteiger partial charge in [-0.3, -0.25) is 9.59 Å². The summed E-state index contributed by atoms with van der Waals surface area (Å²) in [5, 5.41) is 32.2. The number of fused-ring (bicyclic) bond motifs is 5. The minimum absolute atomic E-state index is 0.00482. The second kappa shape index (κ2) is 6.86. The molecule has 0 spiro atoms. The maximum atomic E-state index is 12.5. The zero-order valence-electron chi connectivity index (χ0n) is 17.6. The van der Waals surface area contributed by atoms with Gasteiger partial charge in [0, 0.05) is 11.8 Å². The Morgan fingerprint density at radius 3 is 2.72 bits per heavy atom. The molecule has 0 heterocycles. The van der Waals surface area contributed by atoms with Crippen LogP contribution < -0.4 is 0 Å². The molecule has 29 heavy (non-hydrogen) atoms. The predicted octanol–water partition coefficient (Wildman–Crippen LogP) is 2.58. The first kappa shape index (κ1) is 21.0. The standard InChI is InChI=1S/C24H34O5/c1-4-5-14-10-16(26)11-15-6-7-17-18-8-9-24(29,20(28)13-25)22(18,2)12-19(27)21(17)23(14,15)3/h4,11,14,17-19,21,25,27,29H,1,5-10,12-13H2,2-3H3/t14?,17-,18-,19-,21+,22-,23-,24-/m0/s1. The molecule has 5 nitrogen and oxygen atoms in total. The Bertz CT molecular complexity index is 771. The zero-order chi connectivity index (χ0) is 21.2. The summed E-state index contributed by atoms with van der Waals surface area (Å²) in [7, 11) is 0. The molecule has 0 radical (unpaired) electrons. The molecule has 160 valence electrons. The van der Waals surface area contributed by atoms with Gasteiger partial charge in [0.15, 0.2) is 11.6 Å². The molecule has 1 unspecified atom stereocenters. The summed E-state index contributed by atoms with van der Waals surface area (Å²) in [5.74, 6) is 0.0813. The summed E-state index contributed by atoms with van der Waals surface area (Å²) in [6, 6.07) is 0. The third kappa shape index (κ3) is 2.63. The average molecular weight is 403 g/mol. The van der Waals surface area contributed by atoms with Crippen LogP contribution in [0, 0.1) is 34.5 Å². The first-order valence-electron chi connectivity index (χ1n) is 11.0. The van der Waals surface area contributed by atoms with Crippen molar-refractivity contribution >= 4 is 11.6 Å². The first-order valence-corrected chi connectivity index (χ1v) is 11.0. The van der Waals surface area contributed by atoms with Crippen molar-refractivity contribution in [3.8, 4) is 0 Å². The minimum atomic E-state index is -1.57. The van der Waals surface area contributed by atoms with E-state index in [-0.39, 0.29) is 34.9 Å². The van der Waals surface area contributed by atoms with Gasteiger partial charge in [0.05, 0.1) is 6.10 Å². The molecule has 0 bridgehead atoms. The van der Waals surface area contributed by atoms with Gasteiger partial charge in [-0.25, -0.2) is 0 Å². The van der Waals surface area contributed by atoms with Crippen molar-refractivity contribution in [1.82, 2.24) is 0 Å². The average Bonchev–Trinajstić information content (AvgIpc) is 2.94. The van der Waals surface area contributed by atoms with E-state index in [4.69, 9.17) is 0 Å². The Morgan fingerprint density at radius 1 is 1.34 bits per heavy atom. The lowest BCUT2D eigenvalue weighted by molar-refractivity contribution is -0.186. The highest BCUT2D eigenvalue weighted by atomic mass is 16.3. The molecule has 0 aromatic heterocycles. The Labute approximate surface area is 172 Å². The maximum Gasteiger partial charge on any atom is 0.190 e. The molecule has 5 heteroatoms. The molecule has 4 rings (SSSR count). The van der Waals surface area contributed by atoms with Crippen molar-refractivity contribution in [2.24, 2.45) is 34.5 Å². The number of rotatable bonds is 4. The number of aliphatic hydroxyl groups is 3. The molecule has 0 aromatic carbocycles. The monoisotopic (exact) mass is 402 g/mol. The molecule has 3 saturated carbocycles. The molecule has 4 aliphatic carbocycles. The second-order valence-corrected chi connectivity index (χ2v) is 10.3. The van der Waals surface area contributed by atoms with Gasteiger partial charge in [-0.15, -0.1) is 6.58 Å². The van der Waals surface area contributed by atoms with Gasteiger partial charge < -0.3 is 15.3 Å². The van der Waals surface area contributed by atoms with Crippen molar-refractivity contribution in [2.45, 2.75) is 70.5 Å². The third-order valence-corrected chi connectivity index (χ3v) is 9.42. The van der Waals surface area contributed by atoms with Crippen molar-refractivity contribution in [1.29, 1.82) is 0 Å². The van der Waals surface area contributed by atoms with Crippen LogP contribution in [0.25, 0.3) is 0 Å². The van der Waals surface area contributed by atoms with E-state index in [2.05, 4.69) is 13.5 Å². The number of carbonyl (C=O) groups excluding carboxylic acids is 2. The molecule has 0 aromatic rings. The van der Waals surface area contributed by atoms with E-state index in [0.29, 0.717) is 19.3 Å². The zero-order valence-corrected chi connectivity index (χ0v) is 17.6. The first-order chi connectivity index (χ1) is 13.6. The number of aliphatic hydroxyl groups excluding tert-OH is 2. The normalized spacial score (nSPS) is 48.9. The highest BCUT2D eigenvalue weighted by Gasteiger charge is 2.68. The van der Waals surface area contributed by atoms with Crippen LogP contribution in [-0.4, -0.2) is 45.2 Å². The predicted molar refractivity (Wildman–Crippen MR) is 109 cm³/mol. The molecule has 8 atom stereocenters. The largest absolute Gasteiger partial charge is 0.393 e. The fourth-order valence-corrected chi connectivity index (χ4v) is 8.00. The van der Waals surface area contributed by atoms with Crippen LogP contribution in [0.2, 0.25) is 0 Å². The van der Waals surface area contributed by atoms with E-state index < -0.39 is 29.5 Å². The van der Waals surface area contributed by atoms with Gasteiger partial charge in [-0.1, -0.05) is 25.5 Å². The Kier molecular flexibility index (Phi) is 4.96. The van der Waals surface area contributed by atoms with Gasteiger partial charge in [0.25, 0.3) is 0 Å². The topological polar surface area (TPSA) is 94.8 Å². The van der Waals surface area contributed by atoms with E-state index >= 15 is 0 Å². The third-order valence-electron chi connectivity index (χ3n) is 9.42. The summed E-state index contributed by atoms with van der Waals surface area (Å²) in [4.78, 5) is 24.8. The van der Waals surface area contributed by atoms with Crippen LogP contribution in [-0.2, 0) is 9.59 Å². The molecule has 0 amide bonds. The van der Waals surface area contributed by atoms with Gasteiger partial charge in [0.1, 0.15) is 12.2 Å². The molecular weight excluding hydrogens is 368 g/mol. The molecular formula is C24H34O5. The van der Waals surface area contributed by atoms with Crippen molar-refractivity contribution in [3.05, 3.63) is 24.3 Å². The number of allylic oxidation sites excluding steroid dienone is 2. The number of hydrogen-bond donors (Lipinski definition) is 3. The Morgan fingerprint density at radius 2 is 2.07 bits per heavy atom. The molecule has 0 aliphatic heterocycles. The van der Waals surface area contributed by atoms with Crippen LogP contribution in [0.15, 0.2) is 24.3 Å². The van der Waals surface area contributed by atoms with Crippen molar-refractivity contribution < 1.29 is 24.9 Å². The van der Waals surface area contributed by atoms with Crippen LogP contribution in [0.4, 0.5) is 0 Å². The van der Waals surface area contributed by atoms with Gasteiger partial charge in [-0.05, 0) is 73.7 Å². The van der Waals surface area contributed by atoms with E-state index in [0.717, 1.165) is 31.3 Å². The minimum Gasteiger partial charge on any atom is -0.393 e. The number of carbonyl (C=O) groups is 2. The summed E-state index contributed by atoms with van der Waals surface area (Å²) < 4.78 is 0. The molecule has 3 fully saturated rings. The summed E-state index contributed by atoms with van der Waals surface area (Å²) in [5.41, 5.74) is -1.42. The molecule has 0 saturated heterocycles. The maximum absolute atomic E-state index is 12.5. The smallest absolute Gasteiger partial charge is 0.190 e. The van der Waals surface area contributed by atoms with E-state index in [1.807, 2.05) is 19.1 Å². The van der Waals surface area contributed by atoms with Gasteiger partial charge in [0.2, 0.25) is 0 Å². The highest BCUT2D eigenvalue weighted by Crippen LogP contribution is 2.68. The Hall–Kier alpha value is -1.30. The summed E-state index contributed by atoms with van der Waals surface area (Å²) in [6.45, 7) is 7.36. The molecule has 3 N–H and O–H groups in total. The summed E-state index contributed by atoms with van der Waals surface area (Å²) >= 11 is 0. The van der Waals surface area contributed by atoms with Crippen LogP contribution in [0.1, 0.15) is 58.8 Å². The number of ketones is 2. The fraction of sp³-hybridized carbons (Fsp3) is 0.750. The summed E-state index contributed by atoms with van der Waals surface area (Å²) in [6.07, 6.45) is 7.36. The van der Waals surface area contributed by atoms with Crippen molar-refractivity contribution in [3.63, 3.8) is 0 Å². The SMILES string of the molecule is C=CCC1CC(=O)C=C2CC[C@@H]3[C@H]([C@@H](O)C[C@@]4(C)[C@H]3CC[C@]4(O)C(=O)CO)[C@]21C. The highest BCUT2D eigenvalue weighted by molar-refractivity contribution is 5.92. The number of Topliss-reactive ketones (excluding diaryl/α,β-unsaturated/α-hetero) is 1. The Balaban J connectivity index is 1.77. The van der Waals surface area contributed by atoms with Crippen LogP contribution in [0.5, 0.6) is 0 Å². The lowest BCUT2D eigenvalue weighted by Crippen LogP contribution is -2.63. The quantitative estimate of drug-likeness (QED) is 0.628. The second-order valence-electron chi connectivity index (χ2n) is 10.3. The lowest BCUT2D eigenvalue weighted by Gasteiger charge is -2.62. The van der Waals surface area contributed by atoms with E-state index in [1.54, 1.807) is 0 Å². The van der Waals surface area contributed by atoms with E-state index in [1.165, 1.54) is 0 Å². The lowest BCUT2D eigenvalue weighted by atomic mass is 9.43.